The van der Waals surface area contributed by atoms with Crippen molar-refractivity contribution in [1.82, 2.24) is 10.2 Å². The maximum atomic E-state index is 13.1. The Kier molecular flexibility index (Phi) is 6.44. The fraction of sp³-hybridized carbons (Fsp3) is 0.435. The lowest BCUT2D eigenvalue weighted by atomic mass is 9.94. The fourth-order valence-electron chi connectivity index (χ4n) is 3.68. The van der Waals surface area contributed by atoms with E-state index in [2.05, 4.69) is 10.3 Å². The van der Waals surface area contributed by atoms with Crippen LogP contribution in [0.5, 0.6) is 0 Å². The standard InChI is InChI=1S/C23H26ClN3O3S/c1-13(2)30-22(29)20-14(3)26-23-27(21(20)16-6-8-17(24)9-7-16)18(12-31-23)10-19(28)25-11-15-4-5-15/h6-9,12-13,15,21H,4-5,10-11H2,1-3H3,(H,25,28). The number of benzene rings is 1. The van der Waals surface area contributed by atoms with Gasteiger partial charge in [0.1, 0.15) is 0 Å². The highest BCUT2D eigenvalue weighted by Crippen LogP contribution is 2.45. The van der Waals surface area contributed by atoms with Crippen molar-refractivity contribution >= 4 is 40.4 Å². The maximum absolute atomic E-state index is 13.1. The summed E-state index contributed by atoms with van der Waals surface area (Å²) in [6.45, 7) is 6.20. The average Bonchev–Trinajstić information content (AvgIpc) is 3.46. The molecule has 1 aliphatic carbocycles. The molecular weight excluding hydrogens is 434 g/mol. The molecule has 1 aromatic rings. The lowest BCUT2D eigenvalue weighted by Gasteiger charge is -2.36. The van der Waals surface area contributed by atoms with Gasteiger partial charge in [0.15, 0.2) is 5.17 Å². The van der Waals surface area contributed by atoms with Crippen LogP contribution in [0.4, 0.5) is 0 Å². The van der Waals surface area contributed by atoms with E-state index in [1.807, 2.05) is 43.2 Å². The van der Waals surface area contributed by atoms with Crippen LogP contribution in [0, 0.1) is 5.92 Å². The number of hydrogen-bond acceptors (Lipinski definition) is 6. The first-order valence-electron chi connectivity index (χ1n) is 10.5. The molecular formula is C23H26ClN3O3S. The predicted molar refractivity (Wildman–Crippen MR) is 123 cm³/mol. The molecule has 0 saturated heterocycles. The maximum Gasteiger partial charge on any atom is 0.338 e. The second-order valence-electron chi connectivity index (χ2n) is 8.32. The zero-order valence-corrected chi connectivity index (χ0v) is 19.4. The molecule has 1 N–H and O–H groups in total. The number of aliphatic imine (C=N–C) groups is 1. The van der Waals surface area contributed by atoms with Crippen LogP contribution >= 0.6 is 23.4 Å². The molecule has 0 bridgehead atoms. The van der Waals surface area contributed by atoms with Gasteiger partial charge in [-0.05, 0) is 62.6 Å². The summed E-state index contributed by atoms with van der Waals surface area (Å²) in [5, 5.41) is 6.34. The number of ether oxygens (including phenoxy) is 1. The van der Waals surface area contributed by atoms with Gasteiger partial charge in [0.2, 0.25) is 5.91 Å². The number of hydrogen-bond donors (Lipinski definition) is 1. The number of amidine groups is 1. The van der Waals surface area contributed by atoms with Gasteiger partial charge in [-0.25, -0.2) is 9.79 Å². The molecule has 3 aliphatic rings. The van der Waals surface area contributed by atoms with E-state index in [9.17, 15) is 9.59 Å². The monoisotopic (exact) mass is 459 g/mol. The van der Waals surface area contributed by atoms with Gasteiger partial charge in [-0.15, -0.1) is 0 Å². The second kappa shape index (κ2) is 9.09. The minimum atomic E-state index is -0.437. The van der Waals surface area contributed by atoms with E-state index in [-0.39, 0.29) is 18.4 Å². The first kappa shape index (κ1) is 22.0. The number of thioether (sulfide) groups is 1. The number of carbonyl (C=O) groups excluding carboxylic acids is 2. The molecule has 6 nitrogen and oxygen atoms in total. The third-order valence-electron chi connectivity index (χ3n) is 5.38. The number of rotatable bonds is 7. The molecule has 2 aliphatic heterocycles. The number of halogens is 1. The molecule has 1 saturated carbocycles. The number of amides is 1. The van der Waals surface area contributed by atoms with Crippen LogP contribution in [0.2, 0.25) is 5.02 Å². The smallest absolute Gasteiger partial charge is 0.338 e. The Morgan fingerprint density at radius 1 is 1.29 bits per heavy atom. The van der Waals surface area contributed by atoms with Crippen LogP contribution in [0.15, 0.2) is 51.6 Å². The van der Waals surface area contributed by atoms with E-state index >= 15 is 0 Å². The van der Waals surface area contributed by atoms with E-state index in [1.165, 1.54) is 24.6 Å². The highest BCUT2D eigenvalue weighted by molar-refractivity contribution is 8.16. The summed E-state index contributed by atoms with van der Waals surface area (Å²) in [5.74, 6) is 0.199. The number of esters is 1. The van der Waals surface area contributed by atoms with Crippen LogP contribution in [0.1, 0.15) is 51.6 Å². The third kappa shape index (κ3) is 4.99. The van der Waals surface area contributed by atoms with Gasteiger partial charge in [-0.1, -0.05) is 35.5 Å². The average molecular weight is 460 g/mol. The van der Waals surface area contributed by atoms with Crippen molar-refractivity contribution in [3.8, 4) is 0 Å². The van der Waals surface area contributed by atoms with E-state index in [0.29, 0.717) is 22.2 Å². The van der Waals surface area contributed by atoms with Gasteiger partial charge in [0.25, 0.3) is 0 Å². The number of carbonyl (C=O) groups is 2. The van der Waals surface area contributed by atoms with Crippen molar-refractivity contribution < 1.29 is 14.3 Å². The van der Waals surface area contributed by atoms with Crippen LogP contribution in [0.3, 0.4) is 0 Å². The van der Waals surface area contributed by atoms with Gasteiger partial charge in [-0.3, -0.25) is 4.79 Å². The van der Waals surface area contributed by atoms with Crippen LogP contribution in [0.25, 0.3) is 0 Å². The lowest BCUT2D eigenvalue weighted by Crippen LogP contribution is -2.38. The molecule has 0 aromatic heterocycles. The SMILES string of the molecule is CC1=C(C(=O)OC(C)C)C(c2ccc(Cl)cc2)N2C(CC(=O)NCC3CC3)=CSC2=N1. The number of nitrogens with one attached hydrogen (secondary N) is 1. The van der Waals surface area contributed by atoms with Crippen molar-refractivity contribution in [1.29, 1.82) is 0 Å². The quantitative estimate of drug-likeness (QED) is 0.594. The zero-order valence-electron chi connectivity index (χ0n) is 17.9. The summed E-state index contributed by atoms with van der Waals surface area (Å²) in [6.07, 6.45) is 2.35. The van der Waals surface area contributed by atoms with Crippen molar-refractivity contribution in [3.63, 3.8) is 0 Å². The third-order valence-corrected chi connectivity index (χ3v) is 6.52. The summed E-state index contributed by atoms with van der Waals surface area (Å²) in [7, 11) is 0. The van der Waals surface area contributed by atoms with Gasteiger partial charge in [0, 0.05) is 17.3 Å². The van der Waals surface area contributed by atoms with Gasteiger partial charge in [-0.2, -0.15) is 0 Å². The summed E-state index contributed by atoms with van der Waals surface area (Å²) in [4.78, 5) is 32.3. The first-order chi connectivity index (χ1) is 14.8. The summed E-state index contributed by atoms with van der Waals surface area (Å²) >= 11 is 7.58. The van der Waals surface area contributed by atoms with Crippen molar-refractivity contribution in [2.75, 3.05) is 6.54 Å². The Morgan fingerprint density at radius 2 is 2.00 bits per heavy atom. The molecule has 0 radical (unpaired) electrons. The Morgan fingerprint density at radius 3 is 2.65 bits per heavy atom. The molecule has 1 atom stereocenters. The summed E-state index contributed by atoms with van der Waals surface area (Å²) < 4.78 is 5.55. The largest absolute Gasteiger partial charge is 0.459 e. The van der Waals surface area contributed by atoms with E-state index in [0.717, 1.165) is 23.0 Å². The van der Waals surface area contributed by atoms with Crippen molar-refractivity contribution in [2.24, 2.45) is 10.9 Å². The molecule has 31 heavy (non-hydrogen) atoms. The van der Waals surface area contributed by atoms with Gasteiger partial charge < -0.3 is 15.0 Å². The van der Waals surface area contributed by atoms with Gasteiger partial charge >= 0.3 is 5.97 Å². The molecule has 1 fully saturated rings. The molecule has 4 rings (SSSR count). The van der Waals surface area contributed by atoms with E-state index < -0.39 is 12.0 Å². The van der Waals surface area contributed by atoms with Crippen molar-refractivity contribution in [3.05, 3.63) is 57.2 Å². The molecule has 2 heterocycles. The van der Waals surface area contributed by atoms with Crippen molar-refractivity contribution in [2.45, 2.75) is 52.2 Å². The van der Waals surface area contributed by atoms with Crippen LogP contribution in [-0.2, 0) is 14.3 Å². The summed E-state index contributed by atoms with van der Waals surface area (Å²) in [6, 6.07) is 6.98. The Bertz CT molecular complexity index is 980. The Labute approximate surface area is 191 Å². The molecule has 164 valence electrons. The number of allylic oxidation sites excluding steroid dienone is 1. The zero-order chi connectivity index (χ0) is 22.1. The Balaban J connectivity index is 1.66. The fourth-order valence-corrected chi connectivity index (χ4v) is 4.77. The van der Waals surface area contributed by atoms with Gasteiger partial charge in [0.05, 0.1) is 29.8 Å². The number of nitrogens with zero attached hydrogens (tertiary/aromatic N) is 2. The minimum absolute atomic E-state index is 0.0209. The summed E-state index contributed by atoms with van der Waals surface area (Å²) in [5.41, 5.74) is 2.81. The number of fused-ring (bicyclic) bond motifs is 1. The lowest BCUT2D eigenvalue weighted by molar-refractivity contribution is -0.143. The second-order valence-corrected chi connectivity index (χ2v) is 9.60. The highest BCUT2D eigenvalue weighted by Gasteiger charge is 2.41. The molecule has 1 amide bonds. The Hall–Kier alpha value is -2.25. The molecule has 8 heteroatoms. The molecule has 1 aromatic carbocycles. The highest BCUT2D eigenvalue weighted by atomic mass is 35.5. The van der Waals surface area contributed by atoms with Crippen LogP contribution < -0.4 is 5.32 Å². The van der Waals surface area contributed by atoms with Crippen LogP contribution in [-0.4, -0.2) is 34.6 Å². The predicted octanol–water partition coefficient (Wildman–Crippen LogP) is 4.78. The topological polar surface area (TPSA) is 71.0 Å². The first-order valence-corrected chi connectivity index (χ1v) is 11.8. The van der Waals surface area contributed by atoms with E-state index in [1.54, 1.807) is 12.1 Å². The molecule has 1 unspecified atom stereocenters. The normalized spacial score (nSPS) is 20.4. The molecule has 0 spiro atoms. The minimum Gasteiger partial charge on any atom is -0.459 e. The van der Waals surface area contributed by atoms with E-state index in [4.69, 9.17) is 16.3 Å².